The van der Waals surface area contributed by atoms with Gasteiger partial charge in [0.1, 0.15) is 0 Å². The van der Waals surface area contributed by atoms with Crippen molar-refractivity contribution in [3.8, 4) is 0 Å². The number of hydrogen-bond donors (Lipinski definition) is 1. The van der Waals surface area contributed by atoms with E-state index in [-0.39, 0.29) is 5.91 Å². The average Bonchev–Trinajstić information content (AvgIpc) is 3.05. The molecule has 0 radical (unpaired) electrons. The largest absolute Gasteiger partial charge is 0.378 e. The zero-order chi connectivity index (χ0) is 19.0. The maximum Gasteiger partial charge on any atom is 0.253 e. The Labute approximate surface area is 161 Å². The molecule has 1 aromatic carbocycles. The molecule has 3 heterocycles. The van der Waals surface area contributed by atoms with Crippen LogP contribution in [0.4, 0.5) is 0 Å². The van der Waals surface area contributed by atoms with E-state index >= 15 is 0 Å². The summed E-state index contributed by atoms with van der Waals surface area (Å²) in [5.74, 6) is 0.151. The van der Waals surface area contributed by atoms with E-state index in [1.807, 2.05) is 17.9 Å². The fourth-order valence-corrected chi connectivity index (χ4v) is 4.45. The minimum atomic E-state index is 0.151. The van der Waals surface area contributed by atoms with Crippen molar-refractivity contribution in [3.63, 3.8) is 0 Å². The summed E-state index contributed by atoms with van der Waals surface area (Å²) in [4.78, 5) is 21.1. The number of carbonyl (C=O) groups is 1. The van der Waals surface area contributed by atoms with Gasteiger partial charge < -0.3 is 14.6 Å². The highest BCUT2D eigenvalue weighted by molar-refractivity contribution is 5.99. The van der Waals surface area contributed by atoms with E-state index in [4.69, 9.17) is 4.74 Å². The lowest BCUT2D eigenvalue weighted by molar-refractivity contribution is 0.0146. The highest BCUT2D eigenvalue weighted by Gasteiger charge is 2.26. The Hall–Kier alpha value is -1.85. The molecule has 0 spiro atoms. The van der Waals surface area contributed by atoms with Gasteiger partial charge >= 0.3 is 0 Å². The number of fused-ring (bicyclic) bond motifs is 3. The summed E-state index contributed by atoms with van der Waals surface area (Å²) in [6.45, 7) is 10.9. The van der Waals surface area contributed by atoms with E-state index < -0.39 is 0 Å². The Bertz CT molecular complexity index is 818. The Morgan fingerprint density at radius 2 is 2.04 bits per heavy atom. The van der Waals surface area contributed by atoms with Gasteiger partial charge in [0.15, 0.2) is 0 Å². The van der Waals surface area contributed by atoms with Gasteiger partial charge in [-0.05, 0) is 57.4 Å². The van der Waals surface area contributed by atoms with Crippen molar-refractivity contribution >= 4 is 16.8 Å². The molecule has 0 bridgehead atoms. The first-order valence-corrected chi connectivity index (χ1v) is 10.3. The molecule has 5 nitrogen and oxygen atoms in total. The van der Waals surface area contributed by atoms with Crippen LogP contribution in [0.15, 0.2) is 18.2 Å². The second-order valence-electron chi connectivity index (χ2n) is 8.10. The molecule has 5 heteroatoms. The van der Waals surface area contributed by atoms with Gasteiger partial charge in [0.05, 0.1) is 6.10 Å². The molecule has 1 amide bonds. The molecule has 4 rings (SSSR count). The first-order chi connectivity index (χ1) is 13.1. The number of amides is 1. The van der Waals surface area contributed by atoms with Gasteiger partial charge in [-0.3, -0.25) is 9.69 Å². The van der Waals surface area contributed by atoms with E-state index in [1.54, 1.807) is 0 Å². The predicted octanol–water partition coefficient (Wildman–Crippen LogP) is 3.58. The summed E-state index contributed by atoms with van der Waals surface area (Å²) >= 11 is 0. The number of nitrogens with one attached hydrogen (secondary N) is 1. The summed E-state index contributed by atoms with van der Waals surface area (Å²) in [5.41, 5.74) is 4.66. The third-order valence-corrected chi connectivity index (χ3v) is 6.11. The van der Waals surface area contributed by atoms with Crippen molar-refractivity contribution in [2.45, 2.75) is 58.7 Å². The number of carbonyl (C=O) groups excluding carboxylic acids is 1. The van der Waals surface area contributed by atoms with Gasteiger partial charge in [-0.15, -0.1) is 0 Å². The molecule has 2 aromatic rings. The average molecular weight is 370 g/mol. The standard InChI is InChI=1S/C22H31N3O2/c1-4-27-17-7-10-24(11-8-17)22(26)16-5-6-20-18(13-16)19-14-25(15(2)3)12-9-21(19)23-20/h5-6,13,15,17,23H,4,7-12,14H2,1-3H3. The van der Waals surface area contributed by atoms with Crippen LogP contribution in [0, 0.1) is 0 Å². The Morgan fingerprint density at radius 1 is 1.26 bits per heavy atom. The summed E-state index contributed by atoms with van der Waals surface area (Å²) in [7, 11) is 0. The summed E-state index contributed by atoms with van der Waals surface area (Å²) in [5, 5.41) is 1.21. The lowest BCUT2D eigenvalue weighted by Gasteiger charge is -2.32. The monoisotopic (exact) mass is 369 g/mol. The number of aromatic amines is 1. The van der Waals surface area contributed by atoms with E-state index in [9.17, 15) is 4.79 Å². The quantitative estimate of drug-likeness (QED) is 0.896. The molecule has 2 aliphatic rings. The fraction of sp³-hybridized carbons (Fsp3) is 0.591. The molecule has 0 aliphatic carbocycles. The summed E-state index contributed by atoms with van der Waals surface area (Å²) in [6, 6.07) is 6.69. The minimum Gasteiger partial charge on any atom is -0.378 e. The SMILES string of the molecule is CCOC1CCN(C(=O)c2ccc3[nH]c4c(c3c2)CN(C(C)C)CC4)CC1. The Morgan fingerprint density at radius 3 is 2.74 bits per heavy atom. The molecule has 0 unspecified atom stereocenters. The smallest absolute Gasteiger partial charge is 0.253 e. The van der Waals surface area contributed by atoms with Crippen LogP contribution in [0.5, 0.6) is 0 Å². The van der Waals surface area contributed by atoms with Crippen molar-refractivity contribution in [1.82, 2.24) is 14.8 Å². The molecule has 0 saturated carbocycles. The zero-order valence-corrected chi connectivity index (χ0v) is 16.8. The number of benzene rings is 1. The molecule has 1 fully saturated rings. The molecule has 0 atom stereocenters. The van der Waals surface area contributed by atoms with Crippen LogP contribution in [0.1, 0.15) is 55.2 Å². The van der Waals surface area contributed by atoms with Crippen LogP contribution in [0.25, 0.3) is 10.9 Å². The molecule has 2 aliphatic heterocycles. The van der Waals surface area contributed by atoms with Crippen molar-refractivity contribution in [3.05, 3.63) is 35.0 Å². The topological polar surface area (TPSA) is 48.6 Å². The van der Waals surface area contributed by atoms with E-state index in [0.717, 1.165) is 63.1 Å². The number of H-pyrrole nitrogens is 1. The lowest BCUT2D eigenvalue weighted by atomic mass is 10.0. The maximum atomic E-state index is 13.0. The van der Waals surface area contributed by atoms with Crippen molar-refractivity contribution in [1.29, 1.82) is 0 Å². The molecule has 1 N–H and O–H groups in total. The molecule has 146 valence electrons. The van der Waals surface area contributed by atoms with Crippen LogP contribution in [-0.2, 0) is 17.7 Å². The van der Waals surface area contributed by atoms with Crippen LogP contribution < -0.4 is 0 Å². The van der Waals surface area contributed by atoms with Gasteiger partial charge in [0.25, 0.3) is 5.91 Å². The highest BCUT2D eigenvalue weighted by atomic mass is 16.5. The third-order valence-electron chi connectivity index (χ3n) is 6.11. The number of rotatable bonds is 4. The van der Waals surface area contributed by atoms with E-state index in [2.05, 4.69) is 35.9 Å². The number of aromatic nitrogens is 1. The molecular weight excluding hydrogens is 338 g/mol. The normalized spacial score (nSPS) is 19.0. The number of hydrogen-bond acceptors (Lipinski definition) is 3. The summed E-state index contributed by atoms with van der Waals surface area (Å²) < 4.78 is 5.71. The Balaban J connectivity index is 1.55. The van der Waals surface area contributed by atoms with E-state index in [0.29, 0.717) is 12.1 Å². The predicted molar refractivity (Wildman–Crippen MR) is 108 cm³/mol. The number of ether oxygens (including phenoxy) is 1. The Kier molecular flexibility index (Phi) is 5.24. The molecule has 1 aromatic heterocycles. The van der Waals surface area contributed by atoms with Gasteiger partial charge in [0.2, 0.25) is 0 Å². The van der Waals surface area contributed by atoms with Crippen LogP contribution in [0.2, 0.25) is 0 Å². The fourth-order valence-electron chi connectivity index (χ4n) is 4.45. The summed E-state index contributed by atoms with van der Waals surface area (Å²) in [6.07, 6.45) is 3.23. The van der Waals surface area contributed by atoms with Crippen LogP contribution >= 0.6 is 0 Å². The number of nitrogens with zero attached hydrogens (tertiary/aromatic N) is 2. The van der Waals surface area contributed by atoms with Gasteiger partial charge in [-0.2, -0.15) is 0 Å². The highest BCUT2D eigenvalue weighted by Crippen LogP contribution is 2.30. The second kappa shape index (κ2) is 7.64. The lowest BCUT2D eigenvalue weighted by Crippen LogP contribution is -2.40. The van der Waals surface area contributed by atoms with Crippen molar-refractivity contribution < 1.29 is 9.53 Å². The maximum absolute atomic E-state index is 13.0. The zero-order valence-electron chi connectivity index (χ0n) is 16.8. The minimum absolute atomic E-state index is 0.151. The van der Waals surface area contributed by atoms with E-state index in [1.165, 1.54) is 16.6 Å². The molecule has 1 saturated heterocycles. The van der Waals surface area contributed by atoms with Gasteiger partial charge in [-0.25, -0.2) is 0 Å². The van der Waals surface area contributed by atoms with Crippen LogP contribution in [-0.4, -0.2) is 59.1 Å². The van der Waals surface area contributed by atoms with Crippen molar-refractivity contribution in [2.24, 2.45) is 0 Å². The first-order valence-electron chi connectivity index (χ1n) is 10.3. The van der Waals surface area contributed by atoms with Gasteiger partial charge in [0, 0.05) is 67.4 Å². The molecule has 27 heavy (non-hydrogen) atoms. The number of piperidine rings is 1. The first kappa shape index (κ1) is 18.5. The molecular formula is C22H31N3O2. The third kappa shape index (κ3) is 3.63. The second-order valence-corrected chi connectivity index (χ2v) is 8.10. The van der Waals surface area contributed by atoms with Gasteiger partial charge in [-0.1, -0.05) is 0 Å². The van der Waals surface area contributed by atoms with Crippen LogP contribution in [0.3, 0.4) is 0 Å². The number of likely N-dealkylation sites (tertiary alicyclic amines) is 1. The van der Waals surface area contributed by atoms with Crippen molar-refractivity contribution in [2.75, 3.05) is 26.2 Å².